The number of carbonyl (C=O) groups excluding carboxylic acids is 2. The molecule has 0 saturated heterocycles. The average Bonchev–Trinajstić information content (AvgIpc) is 3.28. The van der Waals surface area contributed by atoms with Gasteiger partial charge >= 0.3 is 0 Å². The van der Waals surface area contributed by atoms with Crippen LogP contribution in [0.3, 0.4) is 0 Å². The van der Waals surface area contributed by atoms with Crippen LogP contribution in [0.2, 0.25) is 0 Å². The van der Waals surface area contributed by atoms with E-state index in [-0.39, 0.29) is 34.8 Å². The first kappa shape index (κ1) is 30.5. The monoisotopic (exact) mass is 580 g/mol. The number of thioether (sulfide) groups is 1. The van der Waals surface area contributed by atoms with Gasteiger partial charge in [0.05, 0.1) is 36.6 Å². The molecule has 0 aliphatic carbocycles. The lowest BCUT2D eigenvalue weighted by Gasteiger charge is -2.25. The standard InChI is InChI=1S/C31H40N4O5S/c1-20-10-8-11-22(16-20)35-30-27(29(33-35)31(2,3)4)28(21-12-13-23(39-6)24(17-21)40-7)41-19-26(37)34(30)18-25(36)32-14-9-15-38-5/h8,10-13,16-17,28H,9,14-15,18-19H2,1-7H3,(H,32,36)/t28-/m1/s1. The molecule has 0 unspecified atom stereocenters. The van der Waals surface area contributed by atoms with Crippen molar-refractivity contribution in [3.8, 4) is 17.2 Å². The Bertz CT molecular complexity index is 1400. The number of anilines is 1. The van der Waals surface area contributed by atoms with Gasteiger partial charge in [0.25, 0.3) is 0 Å². The van der Waals surface area contributed by atoms with Crippen LogP contribution in [-0.4, -0.2) is 68.4 Å². The van der Waals surface area contributed by atoms with Gasteiger partial charge in [-0.25, -0.2) is 4.68 Å². The fraction of sp³-hybridized carbons (Fsp3) is 0.452. The normalized spacial score (nSPS) is 15.3. The predicted octanol–water partition coefficient (Wildman–Crippen LogP) is 4.82. The Morgan fingerprint density at radius 3 is 2.51 bits per heavy atom. The molecule has 2 heterocycles. The molecular formula is C31H40N4O5S. The zero-order valence-electron chi connectivity index (χ0n) is 24.9. The highest BCUT2D eigenvalue weighted by atomic mass is 32.2. The van der Waals surface area contributed by atoms with Crippen molar-refractivity contribution in [2.75, 3.05) is 51.7 Å². The Balaban J connectivity index is 1.93. The van der Waals surface area contributed by atoms with E-state index in [1.54, 1.807) is 26.2 Å². The first-order valence-corrected chi connectivity index (χ1v) is 14.7. The van der Waals surface area contributed by atoms with Crippen molar-refractivity contribution in [2.24, 2.45) is 0 Å². The van der Waals surface area contributed by atoms with Crippen molar-refractivity contribution in [1.82, 2.24) is 15.1 Å². The van der Waals surface area contributed by atoms with Gasteiger partial charge in [-0.3, -0.25) is 14.5 Å². The number of fused-ring (bicyclic) bond motifs is 1. The average molecular weight is 581 g/mol. The second-order valence-corrected chi connectivity index (χ2v) is 12.2. The zero-order valence-corrected chi connectivity index (χ0v) is 25.8. The van der Waals surface area contributed by atoms with E-state index in [1.165, 1.54) is 11.8 Å². The molecule has 0 bridgehead atoms. The second kappa shape index (κ2) is 13.0. The number of benzene rings is 2. The number of aryl methyl sites for hydroxylation is 1. The number of rotatable bonds is 10. The molecule has 2 aromatic carbocycles. The predicted molar refractivity (Wildman–Crippen MR) is 163 cm³/mol. The molecule has 9 nitrogen and oxygen atoms in total. The number of nitrogens with zero attached hydrogens (tertiary/aromatic N) is 3. The summed E-state index contributed by atoms with van der Waals surface area (Å²) in [5.41, 5.74) is 4.28. The first-order valence-electron chi connectivity index (χ1n) is 13.7. The maximum atomic E-state index is 13.8. The van der Waals surface area contributed by atoms with E-state index in [0.29, 0.717) is 36.9 Å². The van der Waals surface area contributed by atoms with Crippen molar-refractivity contribution in [1.29, 1.82) is 0 Å². The van der Waals surface area contributed by atoms with E-state index in [0.717, 1.165) is 28.1 Å². The van der Waals surface area contributed by atoms with Gasteiger partial charge in [-0.15, -0.1) is 11.8 Å². The third-order valence-electron chi connectivity index (χ3n) is 6.91. The summed E-state index contributed by atoms with van der Waals surface area (Å²) in [4.78, 5) is 28.6. The minimum absolute atomic E-state index is 0.112. The molecule has 1 atom stereocenters. The number of nitrogens with one attached hydrogen (secondary N) is 1. The lowest BCUT2D eigenvalue weighted by Crippen LogP contribution is -2.42. The molecule has 0 radical (unpaired) electrons. The van der Waals surface area contributed by atoms with Gasteiger partial charge < -0.3 is 19.5 Å². The van der Waals surface area contributed by atoms with Gasteiger partial charge in [0.15, 0.2) is 11.5 Å². The van der Waals surface area contributed by atoms with Crippen LogP contribution in [-0.2, 0) is 19.7 Å². The Morgan fingerprint density at radius 2 is 1.85 bits per heavy atom. The molecule has 2 amide bonds. The smallest absolute Gasteiger partial charge is 0.240 e. The number of methoxy groups -OCH3 is 3. The van der Waals surface area contributed by atoms with Crippen molar-refractivity contribution < 1.29 is 23.8 Å². The van der Waals surface area contributed by atoms with E-state index >= 15 is 0 Å². The van der Waals surface area contributed by atoms with Gasteiger partial charge in [-0.2, -0.15) is 5.10 Å². The minimum Gasteiger partial charge on any atom is -0.493 e. The van der Waals surface area contributed by atoms with Gasteiger partial charge in [0.1, 0.15) is 12.4 Å². The molecule has 1 aliphatic heterocycles. The number of hydrogen-bond acceptors (Lipinski definition) is 7. The van der Waals surface area contributed by atoms with E-state index in [2.05, 4.69) is 26.1 Å². The van der Waals surface area contributed by atoms with E-state index in [9.17, 15) is 9.59 Å². The highest BCUT2D eigenvalue weighted by Gasteiger charge is 2.40. The maximum Gasteiger partial charge on any atom is 0.240 e. The molecule has 41 heavy (non-hydrogen) atoms. The Kier molecular flexibility index (Phi) is 9.65. The lowest BCUT2D eigenvalue weighted by molar-refractivity contribution is -0.122. The number of hydrogen-bond donors (Lipinski definition) is 1. The van der Waals surface area contributed by atoms with Crippen LogP contribution in [0.5, 0.6) is 11.5 Å². The van der Waals surface area contributed by atoms with Gasteiger partial charge in [-0.1, -0.05) is 39.0 Å². The van der Waals surface area contributed by atoms with Gasteiger partial charge in [0.2, 0.25) is 11.8 Å². The Hall–Kier alpha value is -3.50. The number of aromatic nitrogens is 2. The third-order valence-corrected chi connectivity index (χ3v) is 8.16. The molecule has 0 spiro atoms. The van der Waals surface area contributed by atoms with Crippen LogP contribution >= 0.6 is 11.8 Å². The lowest BCUT2D eigenvalue weighted by atomic mass is 9.87. The molecule has 220 valence electrons. The van der Waals surface area contributed by atoms with Crippen molar-refractivity contribution in [3.63, 3.8) is 0 Å². The molecule has 0 fully saturated rings. The van der Waals surface area contributed by atoms with Crippen LogP contribution in [0.4, 0.5) is 5.82 Å². The van der Waals surface area contributed by atoms with Crippen LogP contribution in [0, 0.1) is 6.92 Å². The highest BCUT2D eigenvalue weighted by Crippen LogP contribution is 2.49. The van der Waals surface area contributed by atoms with Crippen molar-refractivity contribution in [2.45, 2.75) is 44.8 Å². The molecule has 1 aliphatic rings. The highest BCUT2D eigenvalue weighted by molar-refractivity contribution is 8.00. The molecule has 10 heteroatoms. The summed E-state index contributed by atoms with van der Waals surface area (Å²) in [6, 6.07) is 13.9. The summed E-state index contributed by atoms with van der Waals surface area (Å²) in [5, 5.41) is 7.85. The zero-order chi connectivity index (χ0) is 29.7. The van der Waals surface area contributed by atoms with Crippen molar-refractivity contribution in [3.05, 3.63) is 64.8 Å². The van der Waals surface area contributed by atoms with E-state index in [1.807, 2.05) is 54.1 Å². The third kappa shape index (κ3) is 6.70. The second-order valence-electron chi connectivity index (χ2n) is 11.1. The minimum atomic E-state index is -0.351. The quantitative estimate of drug-likeness (QED) is 0.344. The fourth-order valence-corrected chi connectivity index (χ4v) is 6.12. The van der Waals surface area contributed by atoms with E-state index < -0.39 is 0 Å². The fourth-order valence-electron chi connectivity index (χ4n) is 4.94. The summed E-state index contributed by atoms with van der Waals surface area (Å²) in [6.45, 7) is 9.28. The van der Waals surface area contributed by atoms with Crippen LogP contribution in [0.15, 0.2) is 42.5 Å². The Morgan fingerprint density at radius 1 is 1.10 bits per heavy atom. The number of carbonyl (C=O) groups is 2. The number of amides is 2. The summed E-state index contributed by atoms with van der Waals surface area (Å²) in [5.74, 6) is 1.66. The summed E-state index contributed by atoms with van der Waals surface area (Å²) in [7, 11) is 4.85. The maximum absolute atomic E-state index is 13.8. The van der Waals surface area contributed by atoms with Gasteiger partial charge in [-0.05, 0) is 48.7 Å². The van der Waals surface area contributed by atoms with Gasteiger partial charge in [0, 0.05) is 31.2 Å². The molecule has 3 aromatic rings. The molecule has 4 rings (SSSR count). The summed E-state index contributed by atoms with van der Waals surface area (Å²) >= 11 is 1.53. The molecule has 0 saturated carbocycles. The molecule has 1 aromatic heterocycles. The number of ether oxygens (including phenoxy) is 3. The van der Waals surface area contributed by atoms with Crippen LogP contribution < -0.4 is 19.7 Å². The SMILES string of the molecule is COCCCNC(=O)CN1C(=O)CS[C@H](c2ccc(OC)c(OC)c2)c2c(C(C)(C)C)nn(-c3cccc(C)c3)c21. The van der Waals surface area contributed by atoms with E-state index in [4.69, 9.17) is 19.3 Å². The molecular weight excluding hydrogens is 540 g/mol. The van der Waals surface area contributed by atoms with Crippen LogP contribution in [0.1, 0.15) is 54.8 Å². The topological polar surface area (TPSA) is 94.9 Å². The molecule has 1 N–H and O–H groups in total. The first-order chi connectivity index (χ1) is 19.6. The summed E-state index contributed by atoms with van der Waals surface area (Å²) < 4.78 is 18.0. The largest absolute Gasteiger partial charge is 0.493 e. The van der Waals surface area contributed by atoms with Crippen LogP contribution in [0.25, 0.3) is 5.69 Å². The Labute approximate surface area is 246 Å². The summed E-state index contributed by atoms with van der Waals surface area (Å²) in [6.07, 6.45) is 0.689. The van der Waals surface area contributed by atoms with Crippen molar-refractivity contribution >= 4 is 29.4 Å².